The molecule has 190 valence electrons. The largest absolute Gasteiger partial charge is 0.463 e. The van der Waals surface area contributed by atoms with Crippen molar-refractivity contribution in [2.45, 2.75) is 96.4 Å². The van der Waals surface area contributed by atoms with Gasteiger partial charge in [0.1, 0.15) is 18.9 Å². The normalized spacial score (nSPS) is 19.6. The number of aromatic nitrogens is 2. The number of aromatic amines is 1. The monoisotopic (exact) mass is 495 g/mol. The summed E-state index contributed by atoms with van der Waals surface area (Å²) in [5, 5.41) is 3.74. The summed E-state index contributed by atoms with van der Waals surface area (Å²) in [7, 11) is 0. The summed E-state index contributed by atoms with van der Waals surface area (Å²) in [5.41, 5.74) is 8.16. The van der Waals surface area contributed by atoms with Crippen LogP contribution in [-0.2, 0) is 14.3 Å². The first-order valence-electron chi connectivity index (χ1n) is 12.2. The first-order valence-corrected chi connectivity index (χ1v) is 13.4. The van der Waals surface area contributed by atoms with Crippen molar-refractivity contribution in [3.63, 3.8) is 0 Å². The SMILES string of the molecule is CCCCCSCCCCCCCC(=O)OC[C@H]1O[C@@H](n2cc(C)c(=O)[nH]c2=O)C[C@@H]1N=[N+]=[N-]. The molecule has 0 aromatic carbocycles. The van der Waals surface area contributed by atoms with Crippen molar-refractivity contribution in [2.24, 2.45) is 5.11 Å². The zero-order valence-electron chi connectivity index (χ0n) is 20.2. The minimum Gasteiger partial charge on any atom is -0.463 e. The molecule has 1 N–H and O–H groups in total. The second-order valence-electron chi connectivity index (χ2n) is 8.64. The molecule has 3 atom stereocenters. The van der Waals surface area contributed by atoms with Crippen LogP contribution in [0.5, 0.6) is 0 Å². The fourth-order valence-corrected chi connectivity index (χ4v) is 4.85. The van der Waals surface area contributed by atoms with E-state index in [0.717, 1.165) is 19.3 Å². The molecular weight excluding hydrogens is 458 g/mol. The van der Waals surface area contributed by atoms with Gasteiger partial charge in [-0.15, -0.1) is 0 Å². The van der Waals surface area contributed by atoms with Crippen LogP contribution in [0.15, 0.2) is 20.9 Å². The molecular formula is C23H37N5O5S. The standard InChI is InChI=1S/C23H37N5O5S/c1-3-4-9-12-34-13-10-7-5-6-8-11-21(29)32-16-19-18(26-27-24)14-20(33-19)28-15-17(2)22(30)25-23(28)31/h15,18-20H,3-14,16H2,1-2H3,(H,25,30,31)/t18-,19+,20+/m0/s1. The van der Waals surface area contributed by atoms with Gasteiger partial charge in [0.25, 0.3) is 5.56 Å². The number of azide groups is 1. The van der Waals surface area contributed by atoms with Crippen LogP contribution in [0.2, 0.25) is 0 Å². The van der Waals surface area contributed by atoms with E-state index in [9.17, 15) is 14.4 Å². The Balaban J connectivity index is 1.67. The maximum Gasteiger partial charge on any atom is 0.330 e. The molecule has 0 spiro atoms. The first-order chi connectivity index (χ1) is 16.5. The summed E-state index contributed by atoms with van der Waals surface area (Å²) in [6.07, 6.45) is 9.82. The lowest BCUT2D eigenvalue weighted by Crippen LogP contribution is -2.33. The number of unbranched alkanes of at least 4 members (excludes halogenated alkanes) is 6. The molecule has 0 bridgehead atoms. The highest BCUT2D eigenvalue weighted by atomic mass is 32.2. The fraction of sp³-hybridized carbons (Fsp3) is 0.783. The number of H-pyrrole nitrogens is 1. The summed E-state index contributed by atoms with van der Waals surface area (Å²) in [6, 6.07) is -0.582. The van der Waals surface area contributed by atoms with Crippen LogP contribution < -0.4 is 11.2 Å². The molecule has 0 radical (unpaired) electrons. The minimum atomic E-state index is -0.716. The van der Waals surface area contributed by atoms with E-state index in [1.165, 1.54) is 54.4 Å². The van der Waals surface area contributed by atoms with Crippen LogP contribution in [0.4, 0.5) is 0 Å². The van der Waals surface area contributed by atoms with Crippen molar-refractivity contribution >= 4 is 17.7 Å². The third kappa shape index (κ3) is 9.56. The zero-order chi connectivity index (χ0) is 24.8. The molecule has 1 aromatic heterocycles. The molecule has 1 aliphatic heterocycles. The number of rotatable bonds is 16. The molecule has 1 saturated heterocycles. The average molecular weight is 496 g/mol. The number of thioether (sulfide) groups is 1. The van der Waals surface area contributed by atoms with E-state index in [4.69, 9.17) is 15.0 Å². The van der Waals surface area contributed by atoms with Crippen LogP contribution >= 0.6 is 11.8 Å². The summed E-state index contributed by atoms with van der Waals surface area (Å²) in [6.45, 7) is 3.76. The second kappa shape index (κ2) is 15.6. The Labute approximate surface area is 204 Å². The predicted molar refractivity (Wildman–Crippen MR) is 133 cm³/mol. The zero-order valence-corrected chi connectivity index (χ0v) is 21.1. The molecule has 10 nitrogen and oxygen atoms in total. The van der Waals surface area contributed by atoms with Gasteiger partial charge in [-0.1, -0.05) is 44.1 Å². The Bertz CT molecular complexity index is 927. The Morgan fingerprint density at radius 1 is 1.24 bits per heavy atom. The number of carbonyl (C=O) groups excluding carboxylic acids is 1. The van der Waals surface area contributed by atoms with Crippen molar-refractivity contribution in [1.82, 2.24) is 9.55 Å². The lowest BCUT2D eigenvalue weighted by Gasteiger charge is -2.17. The third-order valence-electron chi connectivity index (χ3n) is 5.83. The number of ether oxygens (including phenoxy) is 2. The molecule has 2 rings (SSSR count). The summed E-state index contributed by atoms with van der Waals surface area (Å²) in [4.78, 5) is 40.9. The number of hydrogen-bond acceptors (Lipinski definition) is 7. The lowest BCUT2D eigenvalue weighted by atomic mass is 10.1. The Morgan fingerprint density at radius 2 is 1.94 bits per heavy atom. The number of aryl methyl sites for hydroxylation is 1. The van der Waals surface area contributed by atoms with Gasteiger partial charge in [-0.2, -0.15) is 11.8 Å². The molecule has 0 aliphatic carbocycles. The molecule has 11 heteroatoms. The number of carbonyl (C=O) groups is 1. The molecule has 0 amide bonds. The topological polar surface area (TPSA) is 139 Å². The van der Waals surface area contributed by atoms with Crippen LogP contribution in [0, 0.1) is 6.92 Å². The van der Waals surface area contributed by atoms with E-state index in [-0.39, 0.29) is 19.0 Å². The van der Waals surface area contributed by atoms with Crippen LogP contribution in [0.1, 0.15) is 82.9 Å². The van der Waals surface area contributed by atoms with E-state index < -0.39 is 29.6 Å². The van der Waals surface area contributed by atoms with Gasteiger partial charge in [0, 0.05) is 29.5 Å². The molecule has 1 fully saturated rings. The van der Waals surface area contributed by atoms with Crippen LogP contribution in [0.25, 0.3) is 10.4 Å². The number of nitrogens with zero attached hydrogens (tertiary/aromatic N) is 4. The summed E-state index contributed by atoms with van der Waals surface area (Å²) >= 11 is 2.03. The third-order valence-corrected chi connectivity index (χ3v) is 6.99. The van der Waals surface area contributed by atoms with E-state index in [1.54, 1.807) is 6.92 Å². The van der Waals surface area contributed by atoms with Crippen LogP contribution in [-0.4, -0.2) is 45.8 Å². The van der Waals surface area contributed by atoms with Gasteiger partial charge in [-0.25, -0.2) is 4.79 Å². The number of esters is 1. The highest BCUT2D eigenvalue weighted by Crippen LogP contribution is 2.30. The van der Waals surface area contributed by atoms with Crippen molar-refractivity contribution < 1.29 is 14.3 Å². The van der Waals surface area contributed by atoms with E-state index >= 15 is 0 Å². The predicted octanol–water partition coefficient (Wildman–Crippen LogP) is 4.62. The highest BCUT2D eigenvalue weighted by Gasteiger charge is 2.37. The van der Waals surface area contributed by atoms with Crippen molar-refractivity contribution in [2.75, 3.05) is 18.1 Å². The smallest absolute Gasteiger partial charge is 0.330 e. The number of nitrogens with one attached hydrogen (secondary N) is 1. The molecule has 34 heavy (non-hydrogen) atoms. The first kappa shape index (κ1) is 28.0. The molecule has 1 aliphatic rings. The average Bonchev–Trinajstić information content (AvgIpc) is 3.21. The van der Waals surface area contributed by atoms with E-state index in [2.05, 4.69) is 21.9 Å². The Morgan fingerprint density at radius 3 is 2.68 bits per heavy atom. The van der Waals surface area contributed by atoms with Gasteiger partial charge in [-0.3, -0.25) is 19.1 Å². The van der Waals surface area contributed by atoms with E-state index in [1.807, 2.05) is 11.8 Å². The minimum absolute atomic E-state index is 0.0502. The van der Waals surface area contributed by atoms with Gasteiger partial charge >= 0.3 is 11.7 Å². The van der Waals surface area contributed by atoms with Gasteiger partial charge in [0.2, 0.25) is 0 Å². The lowest BCUT2D eigenvalue weighted by molar-refractivity contribution is -0.148. The maximum absolute atomic E-state index is 12.1. The van der Waals surface area contributed by atoms with Gasteiger partial charge in [0.15, 0.2) is 0 Å². The van der Waals surface area contributed by atoms with E-state index in [0.29, 0.717) is 12.0 Å². The fourth-order valence-electron chi connectivity index (χ4n) is 3.83. The molecule has 0 unspecified atom stereocenters. The van der Waals surface area contributed by atoms with Gasteiger partial charge < -0.3 is 9.47 Å². The van der Waals surface area contributed by atoms with Crippen molar-refractivity contribution in [3.05, 3.63) is 43.0 Å². The molecule has 1 aromatic rings. The van der Waals surface area contributed by atoms with Crippen molar-refractivity contribution in [3.8, 4) is 0 Å². The Hall–Kier alpha value is -2.23. The quantitative estimate of drug-likeness (QED) is 0.117. The summed E-state index contributed by atoms with van der Waals surface area (Å²) in [5.74, 6) is 2.16. The van der Waals surface area contributed by atoms with Gasteiger partial charge in [0.05, 0.1) is 6.04 Å². The molecule has 2 heterocycles. The van der Waals surface area contributed by atoms with Crippen molar-refractivity contribution in [1.29, 1.82) is 0 Å². The van der Waals surface area contributed by atoms with Crippen LogP contribution in [0.3, 0.4) is 0 Å². The number of hydrogen-bond donors (Lipinski definition) is 1. The Kier molecular flexibility index (Phi) is 12.9. The maximum atomic E-state index is 12.1. The molecule has 0 saturated carbocycles. The second-order valence-corrected chi connectivity index (χ2v) is 9.86. The highest BCUT2D eigenvalue weighted by molar-refractivity contribution is 7.99. The van der Waals surface area contributed by atoms with Gasteiger partial charge in [-0.05, 0) is 43.2 Å². The summed E-state index contributed by atoms with van der Waals surface area (Å²) < 4.78 is 12.5.